The number of rotatable bonds is 1. The number of carbonyl (C=O) groups is 1. The third-order valence-corrected chi connectivity index (χ3v) is 2.73. The highest BCUT2D eigenvalue weighted by Gasteiger charge is 2.30. The second-order valence-corrected chi connectivity index (χ2v) is 3.45. The monoisotopic (exact) mass is 156 g/mol. The molecular weight excluding hydrogens is 140 g/mol. The highest BCUT2D eigenvalue weighted by molar-refractivity contribution is 5.36. The zero-order valence-corrected chi connectivity index (χ0v) is 7.08. The van der Waals surface area contributed by atoms with Crippen molar-refractivity contribution >= 4 is 6.47 Å². The van der Waals surface area contributed by atoms with Gasteiger partial charge in [0.05, 0.1) is 7.11 Å². The van der Waals surface area contributed by atoms with Crippen molar-refractivity contribution in [1.82, 2.24) is 0 Å². The normalized spacial score (nSPS) is 32.5. The van der Waals surface area contributed by atoms with Crippen LogP contribution in [-0.4, -0.2) is 13.6 Å². The summed E-state index contributed by atoms with van der Waals surface area (Å²) in [6.07, 6.45) is 7.82. The van der Waals surface area contributed by atoms with Gasteiger partial charge < -0.3 is 4.74 Å². The lowest BCUT2D eigenvalue weighted by Gasteiger charge is -2.05. The fourth-order valence-electron chi connectivity index (χ4n) is 2.17. The Kier molecular flexibility index (Phi) is 3.40. The maximum atomic E-state index is 8.95. The maximum Gasteiger partial charge on any atom is 0.292 e. The standard InChI is InChI=1S/C7H12.C2H4O2/c1-2-7-4-3-6(1)5-7;1-4-2-3/h6-7H,1-5H2;2H,1H3. The molecule has 0 aromatic carbocycles. The van der Waals surface area contributed by atoms with Crippen LogP contribution in [0.5, 0.6) is 0 Å². The molecule has 2 bridgehead atoms. The maximum absolute atomic E-state index is 8.95. The molecule has 0 radical (unpaired) electrons. The topological polar surface area (TPSA) is 26.3 Å². The molecule has 2 rings (SSSR count). The molecule has 0 aromatic heterocycles. The summed E-state index contributed by atoms with van der Waals surface area (Å²) >= 11 is 0. The van der Waals surface area contributed by atoms with E-state index in [1.807, 2.05) is 0 Å². The molecular formula is C9H16O2. The Balaban J connectivity index is 0.000000134. The smallest absolute Gasteiger partial charge is 0.292 e. The van der Waals surface area contributed by atoms with E-state index in [4.69, 9.17) is 4.79 Å². The first-order valence-electron chi connectivity index (χ1n) is 4.33. The number of carbonyl (C=O) groups excluding carboxylic acids is 1. The minimum atomic E-state index is 0.375. The third kappa shape index (κ3) is 2.52. The van der Waals surface area contributed by atoms with Gasteiger partial charge in [0.1, 0.15) is 0 Å². The summed E-state index contributed by atoms with van der Waals surface area (Å²) in [6, 6.07) is 0. The zero-order chi connectivity index (χ0) is 8.10. The van der Waals surface area contributed by atoms with Gasteiger partial charge in [-0.25, -0.2) is 0 Å². The lowest BCUT2D eigenvalue weighted by molar-refractivity contribution is -0.126. The van der Waals surface area contributed by atoms with Crippen LogP contribution in [0, 0.1) is 11.8 Å². The molecule has 0 saturated heterocycles. The molecule has 11 heavy (non-hydrogen) atoms. The predicted octanol–water partition coefficient (Wildman–Crippen LogP) is 1.99. The molecule has 2 aliphatic carbocycles. The Hall–Kier alpha value is -0.530. The molecule has 0 spiro atoms. The van der Waals surface area contributed by atoms with Crippen molar-refractivity contribution < 1.29 is 9.53 Å². The molecule has 2 heteroatoms. The number of methoxy groups -OCH3 is 1. The van der Waals surface area contributed by atoms with Crippen molar-refractivity contribution in [3.8, 4) is 0 Å². The van der Waals surface area contributed by atoms with Gasteiger partial charge in [0.2, 0.25) is 0 Å². The van der Waals surface area contributed by atoms with Crippen LogP contribution < -0.4 is 0 Å². The van der Waals surface area contributed by atoms with E-state index in [-0.39, 0.29) is 0 Å². The SMILES string of the molecule is C1CC2CCC1C2.COC=O. The Bertz CT molecular complexity index is 105. The van der Waals surface area contributed by atoms with E-state index >= 15 is 0 Å². The van der Waals surface area contributed by atoms with Crippen molar-refractivity contribution in [3.05, 3.63) is 0 Å². The van der Waals surface area contributed by atoms with E-state index in [0.29, 0.717) is 6.47 Å². The van der Waals surface area contributed by atoms with E-state index in [0.717, 1.165) is 0 Å². The van der Waals surface area contributed by atoms with Crippen molar-refractivity contribution in [2.45, 2.75) is 32.1 Å². The first-order chi connectivity index (χ1) is 5.36. The molecule has 0 atom stereocenters. The van der Waals surface area contributed by atoms with Crippen LogP contribution in [0.15, 0.2) is 0 Å². The summed E-state index contributed by atoms with van der Waals surface area (Å²) in [4.78, 5) is 8.95. The average Bonchev–Trinajstić information content (AvgIpc) is 2.67. The summed E-state index contributed by atoms with van der Waals surface area (Å²) < 4.78 is 3.86. The van der Waals surface area contributed by atoms with Gasteiger partial charge in [-0.3, -0.25) is 4.79 Å². The lowest BCUT2D eigenvalue weighted by Crippen LogP contribution is -1.90. The summed E-state index contributed by atoms with van der Waals surface area (Å²) in [6.45, 7) is 0.375. The minimum absolute atomic E-state index is 0.375. The second kappa shape index (κ2) is 4.37. The highest BCUT2D eigenvalue weighted by Crippen LogP contribution is 2.43. The molecule has 0 aromatic rings. The number of fused-ring (bicyclic) bond motifs is 2. The van der Waals surface area contributed by atoms with Crippen LogP contribution in [0.25, 0.3) is 0 Å². The van der Waals surface area contributed by atoms with Crippen LogP contribution in [0.2, 0.25) is 0 Å². The highest BCUT2D eigenvalue weighted by atomic mass is 16.5. The molecule has 2 aliphatic rings. The van der Waals surface area contributed by atoms with E-state index in [2.05, 4.69) is 4.74 Å². The van der Waals surface area contributed by atoms with Gasteiger partial charge in [-0.1, -0.05) is 25.7 Å². The largest absolute Gasteiger partial charge is 0.471 e. The summed E-state index contributed by atoms with van der Waals surface area (Å²) in [5.41, 5.74) is 0. The average molecular weight is 156 g/mol. The predicted molar refractivity (Wildman–Crippen MR) is 43.1 cm³/mol. The van der Waals surface area contributed by atoms with Gasteiger partial charge in [0.25, 0.3) is 6.47 Å². The van der Waals surface area contributed by atoms with Crippen LogP contribution in [0.1, 0.15) is 32.1 Å². The Morgan fingerprint density at radius 1 is 1.18 bits per heavy atom. The van der Waals surface area contributed by atoms with Crippen molar-refractivity contribution in [2.24, 2.45) is 11.8 Å². The summed E-state index contributed by atoms with van der Waals surface area (Å²) in [5.74, 6) is 2.34. The van der Waals surface area contributed by atoms with Crippen molar-refractivity contribution in [1.29, 1.82) is 0 Å². The van der Waals surface area contributed by atoms with E-state index < -0.39 is 0 Å². The number of ether oxygens (including phenoxy) is 1. The van der Waals surface area contributed by atoms with Crippen molar-refractivity contribution in [2.75, 3.05) is 7.11 Å². The Morgan fingerprint density at radius 2 is 1.55 bits per heavy atom. The van der Waals surface area contributed by atoms with E-state index in [1.165, 1.54) is 18.9 Å². The van der Waals surface area contributed by atoms with E-state index in [9.17, 15) is 0 Å². The van der Waals surface area contributed by atoms with Crippen LogP contribution in [0.3, 0.4) is 0 Å². The Labute approximate surface area is 67.9 Å². The van der Waals surface area contributed by atoms with Gasteiger partial charge in [-0.15, -0.1) is 0 Å². The molecule has 0 heterocycles. The number of hydrogen-bond donors (Lipinski definition) is 0. The summed E-state index contributed by atoms with van der Waals surface area (Å²) in [7, 11) is 1.31. The van der Waals surface area contributed by atoms with Gasteiger partial charge in [-0.05, 0) is 18.3 Å². The molecule has 0 aliphatic heterocycles. The quantitative estimate of drug-likeness (QED) is 0.543. The minimum Gasteiger partial charge on any atom is -0.471 e. The van der Waals surface area contributed by atoms with Crippen LogP contribution in [0.4, 0.5) is 0 Å². The lowest BCUT2D eigenvalue weighted by atomic mass is 10.0. The van der Waals surface area contributed by atoms with Gasteiger partial charge >= 0.3 is 0 Å². The first kappa shape index (κ1) is 8.57. The van der Waals surface area contributed by atoms with Gasteiger partial charge in [0.15, 0.2) is 0 Å². The molecule has 2 nitrogen and oxygen atoms in total. The molecule has 2 fully saturated rings. The Morgan fingerprint density at radius 3 is 1.64 bits per heavy atom. The fourth-order valence-corrected chi connectivity index (χ4v) is 2.17. The third-order valence-electron chi connectivity index (χ3n) is 2.73. The van der Waals surface area contributed by atoms with Crippen LogP contribution in [-0.2, 0) is 9.53 Å². The molecule has 0 amide bonds. The van der Waals surface area contributed by atoms with Gasteiger partial charge in [0, 0.05) is 0 Å². The molecule has 64 valence electrons. The molecule has 2 saturated carbocycles. The van der Waals surface area contributed by atoms with Crippen LogP contribution >= 0.6 is 0 Å². The molecule has 0 unspecified atom stereocenters. The van der Waals surface area contributed by atoms with Crippen molar-refractivity contribution in [3.63, 3.8) is 0 Å². The second-order valence-electron chi connectivity index (χ2n) is 3.45. The first-order valence-corrected chi connectivity index (χ1v) is 4.33. The van der Waals surface area contributed by atoms with Gasteiger partial charge in [-0.2, -0.15) is 0 Å². The summed E-state index contributed by atoms with van der Waals surface area (Å²) in [5, 5.41) is 0. The van der Waals surface area contributed by atoms with E-state index in [1.54, 1.807) is 32.1 Å². The number of hydrogen-bond acceptors (Lipinski definition) is 2. The fraction of sp³-hybridized carbons (Fsp3) is 0.889. The molecule has 0 N–H and O–H groups in total. The zero-order valence-electron chi connectivity index (χ0n) is 7.08.